The average molecular weight is 257 g/mol. The predicted octanol–water partition coefficient (Wildman–Crippen LogP) is -0.243. The Morgan fingerprint density at radius 1 is 0.750 bits per heavy atom. The Morgan fingerprint density at radius 3 is 0.750 bits per heavy atom. The van der Waals surface area contributed by atoms with Crippen LogP contribution in [0.2, 0.25) is 0 Å². The van der Waals surface area contributed by atoms with E-state index in [1.165, 1.54) is 0 Å². The van der Waals surface area contributed by atoms with E-state index < -0.39 is 0 Å². The summed E-state index contributed by atoms with van der Waals surface area (Å²) in [6.45, 7) is 0. The Kier molecular flexibility index (Phi) is 57.3. The molecular formula is Cd2O2. The first-order valence-electron chi connectivity index (χ1n) is 0.577. The summed E-state index contributed by atoms with van der Waals surface area (Å²) in [5.41, 5.74) is 0. The quantitative estimate of drug-likeness (QED) is 0.561. The molecule has 0 N–H and O–H groups in total. The fourth-order valence-electron chi connectivity index (χ4n) is 0. The van der Waals surface area contributed by atoms with E-state index in [4.69, 9.17) is 5.37 Å². The first-order chi connectivity index (χ1) is 2.00. The van der Waals surface area contributed by atoms with E-state index in [9.17, 15) is 0 Å². The minimum absolute atomic E-state index is 0.1000. The second-order valence-electron chi connectivity index (χ2n) is 0. The first kappa shape index (κ1) is 9.06. The molecule has 0 radical (unpaired) electrons. The van der Waals surface area contributed by atoms with Crippen molar-refractivity contribution in [2.45, 2.75) is 0 Å². The van der Waals surface area contributed by atoms with E-state index in [0.717, 1.165) is 0 Å². The topological polar surface area (TPSA) is 34.1 Å². The van der Waals surface area contributed by atoms with E-state index in [1.807, 2.05) is 0 Å². The summed E-state index contributed by atoms with van der Waals surface area (Å²) < 4.78 is 16.8. The molecule has 0 heterocycles. The van der Waals surface area contributed by atoms with Crippen LogP contribution in [0.3, 0.4) is 0 Å². The van der Waals surface area contributed by atoms with Gasteiger partial charge in [0.05, 0.1) is 0 Å². The predicted molar refractivity (Wildman–Crippen MR) is 1.37 cm³/mol. The van der Waals surface area contributed by atoms with Crippen LogP contribution in [0, 0.1) is 0 Å². The van der Waals surface area contributed by atoms with Gasteiger partial charge in [0, 0.05) is 0 Å². The molecule has 4 heteroatoms. The average Bonchev–Trinajstić information content (AvgIpc) is 1.50. The van der Waals surface area contributed by atoms with Crippen LogP contribution in [0.5, 0.6) is 0 Å². The van der Waals surface area contributed by atoms with Gasteiger partial charge < -0.3 is 0 Å². The van der Waals surface area contributed by atoms with Crippen LogP contribution in [-0.2, 0) is 56.9 Å². The van der Waals surface area contributed by atoms with Crippen molar-refractivity contribution >= 4 is 0 Å². The van der Waals surface area contributed by atoms with Crippen molar-refractivity contribution in [3.63, 3.8) is 0 Å². The normalized spacial score (nSPS) is 3.00. The van der Waals surface area contributed by atoms with Gasteiger partial charge in [0.2, 0.25) is 0 Å². The van der Waals surface area contributed by atoms with E-state index in [2.05, 4.69) is 0 Å². The minimum atomic E-state index is -0.1000. The number of hydrogen-bond donors (Lipinski definition) is 0. The third-order valence-corrected chi connectivity index (χ3v) is 0. The van der Waals surface area contributed by atoms with Crippen molar-refractivity contribution in [3.8, 4) is 0 Å². The maximum absolute atomic E-state index is 8.42. The second kappa shape index (κ2) is 25.3. The van der Waals surface area contributed by atoms with Gasteiger partial charge in [-0.2, -0.15) is 0 Å². The molecule has 0 aromatic rings. The van der Waals surface area contributed by atoms with Crippen LogP contribution < -0.4 is 0 Å². The Labute approximate surface area is 56.3 Å². The molecule has 0 aromatic heterocycles. The van der Waals surface area contributed by atoms with Gasteiger partial charge in [0.15, 0.2) is 0 Å². The third kappa shape index (κ3) is 9.87. The zero-order chi connectivity index (χ0) is 4.00. The van der Waals surface area contributed by atoms with Gasteiger partial charge in [-0.1, -0.05) is 0 Å². The van der Waals surface area contributed by atoms with Crippen LogP contribution in [-0.4, -0.2) is 0 Å². The van der Waals surface area contributed by atoms with Crippen molar-refractivity contribution in [2.75, 3.05) is 0 Å². The summed E-state index contributed by atoms with van der Waals surface area (Å²) in [6, 6.07) is 0. The summed E-state index contributed by atoms with van der Waals surface area (Å²) in [6.07, 6.45) is 0. The van der Waals surface area contributed by atoms with E-state index in [0.29, 0.717) is 0 Å². The van der Waals surface area contributed by atoms with Gasteiger partial charge >= 0.3 is 56.9 Å². The molecule has 0 spiro atoms. The van der Waals surface area contributed by atoms with Crippen molar-refractivity contribution in [2.24, 2.45) is 0 Å². The molecule has 0 fully saturated rings. The molecule has 0 bridgehead atoms. The van der Waals surface area contributed by atoms with Gasteiger partial charge in [-0.05, 0) is 0 Å². The van der Waals surface area contributed by atoms with E-state index >= 15 is 0 Å². The molecule has 16 valence electrons. The first-order valence-corrected chi connectivity index (χ1v) is 3.87. The summed E-state index contributed by atoms with van der Waals surface area (Å²) in [7, 11) is 0. The standard InChI is InChI=1S/2Cd.2O. The number of rotatable bonds is 0. The summed E-state index contributed by atoms with van der Waals surface area (Å²) in [4.78, 5) is 0. The fraction of sp³-hybridized carbons (Fsp3) is 0. The second-order valence-corrected chi connectivity index (χ2v) is 0. The fourth-order valence-corrected chi connectivity index (χ4v) is 0. The SMILES string of the molecule is [O]=[Cd].[O]=[Cd]. The van der Waals surface area contributed by atoms with E-state index in [-0.39, 0.29) is 51.6 Å². The molecule has 0 atom stereocenters. The molecule has 0 saturated carbocycles. The van der Waals surface area contributed by atoms with Crippen LogP contribution in [0.15, 0.2) is 0 Å². The summed E-state index contributed by atoms with van der Waals surface area (Å²) in [5, 5.41) is 0. The zero-order valence-electron chi connectivity index (χ0n) is 2.23. The van der Waals surface area contributed by atoms with Crippen molar-refractivity contribution in [1.29, 1.82) is 0 Å². The Bertz CT molecular complexity index is 6.00. The van der Waals surface area contributed by atoms with Gasteiger partial charge in [-0.15, -0.1) is 0 Å². The zero-order valence-corrected chi connectivity index (χ0v) is 10.3. The van der Waals surface area contributed by atoms with Crippen LogP contribution in [0.25, 0.3) is 0 Å². The van der Waals surface area contributed by atoms with E-state index in [1.54, 1.807) is 0 Å². The van der Waals surface area contributed by atoms with Crippen LogP contribution >= 0.6 is 0 Å². The molecular weight excluding hydrogens is 257 g/mol. The monoisotopic (exact) mass is 260 g/mol. The molecule has 0 aliphatic heterocycles. The molecule has 0 rings (SSSR count). The molecule has 0 amide bonds. The summed E-state index contributed by atoms with van der Waals surface area (Å²) >= 11 is -0.200. The van der Waals surface area contributed by atoms with Gasteiger partial charge in [-0.3, -0.25) is 0 Å². The van der Waals surface area contributed by atoms with Crippen LogP contribution in [0.4, 0.5) is 0 Å². The number of hydrogen-bond acceptors (Lipinski definition) is 2. The van der Waals surface area contributed by atoms with Crippen molar-refractivity contribution in [1.82, 2.24) is 0 Å². The van der Waals surface area contributed by atoms with Crippen molar-refractivity contribution in [3.05, 3.63) is 0 Å². The van der Waals surface area contributed by atoms with Gasteiger partial charge in [0.1, 0.15) is 0 Å². The summed E-state index contributed by atoms with van der Waals surface area (Å²) in [5.74, 6) is 0. The maximum atomic E-state index is 8.42. The molecule has 4 heavy (non-hydrogen) atoms. The molecule has 0 saturated heterocycles. The molecule has 0 aromatic carbocycles. The molecule has 0 aliphatic rings. The Hall–Kier alpha value is 1.44. The van der Waals surface area contributed by atoms with Crippen LogP contribution in [0.1, 0.15) is 0 Å². The molecule has 2 nitrogen and oxygen atoms in total. The molecule has 0 unspecified atom stereocenters. The Balaban J connectivity index is 0. The Morgan fingerprint density at radius 2 is 0.750 bits per heavy atom. The third-order valence-electron chi connectivity index (χ3n) is 0. The van der Waals surface area contributed by atoms with Gasteiger partial charge in [-0.25, -0.2) is 0 Å². The molecule has 0 aliphatic carbocycles. The van der Waals surface area contributed by atoms with Crippen molar-refractivity contribution < 1.29 is 56.9 Å². The van der Waals surface area contributed by atoms with Gasteiger partial charge in [0.25, 0.3) is 0 Å².